The fraction of sp³-hybridized carbons (Fsp3) is 0.385. The molecule has 0 heterocycles. The third-order valence-electron chi connectivity index (χ3n) is 2.68. The van der Waals surface area contributed by atoms with Crippen molar-refractivity contribution in [1.29, 1.82) is 0 Å². The molecule has 0 bridgehead atoms. The van der Waals surface area contributed by atoms with Crippen LogP contribution in [0.5, 0.6) is 0 Å². The average Bonchev–Trinajstić information content (AvgIpc) is 2.44. The minimum atomic E-state index is -3.51. The van der Waals surface area contributed by atoms with E-state index < -0.39 is 30.2 Å². The van der Waals surface area contributed by atoms with E-state index >= 15 is 0 Å². The van der Waals surface area contributed by atoms with Gasteiger partial charge in [-0.15, -0.1) is 0 Å². The number of methoxy groups -OCH3 is 2. The second kappa shape index (κ2) is 6.26. The maximum absolute atomic E-state index is 14.2. The van der Waals surface area contributed by atoms with Gasteiger partial charge in [0.1, 0.15) is 5.92 Å². The van der Waals surface area contributed by atoms with Crippen molar-refractivity contribution in [3.8, 4) is 0 Å². The molecule has 4 nitrogen and oxygen atoms in total. The number of benzene rings is 1. The number of ether oxygens (including phenoxy) is 2. The largest absolute Gasteiger partial charge is 0.469 e. The van der Waals surface area contributed by atoms with Gasteiger partial charge in [0.25, 0.3) is 5.92 Å². The highest BCUT2D eigenvalue weighted by molar-refractivity contribution is 5.81. The summed E-state index contributed by atoms with van der Waals surface area (Å²) in [6.07, 6.45) is -0.745. The number of hydrogen-bond acceptors (Lipinski definition) is 4. The van der Waals surface area contributed by atoms with Gasteiger partial charge in [-0.25, -0.2) is 8.78 Å². The normalized spacial score (nSPS) is 12.6. The summed E-state index contributed by atoms with van der Waals surface area (Å²) in [5.41, 5.74) is -0.352. The Morgan fingerprint density at radius 1 is 1.16 bits per heavy atom. The van der Waals surface area contributed by atoms with Crippen LogP contribution in [0.1, 0.15) is 12.0 Å². The van der Waals surface area contributed by atoms with Crippen molar-refractivity contribution in [2.45, 2.75) is 12.3 Å². The SMILES string of the molecule is COC(=O)CC(C(=O)OC)C(F)(F)c1ccccc1. The second-order valence-electron chi connectivity index (χ2n) is 3.84. The Labute approximate surface area is 109 Å². The minimum absolute atomic E-state index is 0.352. The molecular formula is C13H14F2O4. The lowest BCUT2D eigenvalue weighted by molar-refractivity contribution is -0.169. The number of esters is 2. The van der Waals surface area contributed by atoms with Crippen LogP contribution in [-0.2, 0) is 25.0 Å². The highest BCUT2D eigenvalue weighted by Gasteiger charge is 2.47. The number of carbonyl (C=O) groups excluding carboxylic acids is 2. The summed E-state index contributed by atoms with van der Waals surface area (Å²) < 4.78 is 37.2. The van der Waals surface area contributed by atoms with E-state index in [1.807, 2.05) is 0 Å². The van der Waals surface area contributed by atoms with Gasteiger partial charge in [0.15, 0.2) is 0 Å². The highest BCUT2D eigenvalue weighted by Crippen LogP contribution is 2.38. The molecule has 1 aromatic rings. The Morgan fingerprint density at radius 3 is 2.21 bits per heavy atom. The first-order valence-electron chi connectivity index (χ1n) is 5.51. The van der Waals surface area contributed by atoms with Gasteiger partial charge in [0.2, 0.25) is 0 Å². The summed E-state index contributed by atoms with van der Waals surface area (Å²) in [7, 11) is 2.06. The summed E-state index contributed by atoms with van der Waals surface area (Å²) in [4.78, 5) is 22.6. The third kappa shape index (κ3) is 3.49. The summed E-state index contributed by atoms with van der Waals surface area (Å²) in [5.74, 6) is -7.47. The van der Waals surface area contributed by atoms with Crippen LogP contribution in [0.4, 0.5) is 8.78 Å². The van der Waals surface area contributed by atoms with Crippen LogP contribution in [0, 0.1) is 5.92 Å². The fourth-order valence-electron chi connectivity index (χ4n) is 1.61. The molecule has 0 saturated heterocycles. The second-order valence-corrected chi connectivity index (χ2v) is 3.84. The van der Waals surface area contributed by atoms with Gasteiger partial charge in [-0.3, -0.25) is 9.59 Å². The molecule has 6 heteroatoms. The quantitative estimate of drug-likeness (QED) is 0.770. The molecule has 0 fully saturated rings. The molecule has 104 valence electrons. The molecule has 1 unspecified atom stereocenters. The first kappa shape index (κ1) is 15.1. The molecule has 1 aromatic carbocycles. The van der Waals surface area contributed by atoms with E-state index in [9.17, 15) is 18.4 Å². The summed E-state index contributed by atoms with van der Waals surface area (Å²) in [6, 6.07) is 6.80. The zero-order valence-corrected chi connectivity index (χ0v) is 10.6. The highest BCUT2D eigenvalue weighted by atomic mass is 19.3. The van der Waals surface area contributed by atoms with E-state index in [1.54, 1.807) is 6.07 Å². The van der Waals surface area contributed by atoms with Crippen LogP contribution in [0.3, 0.4) is 0 Å². The van der Waals surface area contributed by atoms with Gasteiger partial charge >= 0.3 is 11.9 Å². The maximum Gasteiger partial charge on any atom is 0.315 e. The standard InChI is InChI=1S/C13H14F2O4/c1-18-11(16)8-10(12(17)19-2)13(14,15)9-6-4-3-5-7-9/h3-7,10H,8H2,1-2H3. The molecule has 0 aliphatic carbocycles. The lowest BCUT2D eigenvalue weighted by Crippen LogP contribution is -2.35. The van der Waals surface area contributed by atoms with Crippen molar-refractivity contribution >= 4 is 11.9 Å². The van der Waals surface area contributed by atoms with E-state index in [1.165, 1.54) is 24.3 Å². The van der Waals surface area contributed by atoms with Crippen molar-refractivity contribution < 1.29 is 27.8 Å². The van der Waals surface area contributed by atoms with Crippen molar-refractivity contribution in [2.24, 2.45) is 5.92 Å². The first-order chi connectivity index (χ1) is 8.93. The molecule has 0 aliphatic rings. The van der Waals surface area contributed by atoms with Crippen LogP contribution in [0.2, 0.25) is 0 Å². The summed E-state index contributed by atoms with van der Waals surface area (Å²) in [5, 5.41) is 0. The number of carbonyl (C=O) groups is 2. The molecule has 1 rings (SSSR count). The molecule has 0 radical (unpaired) electrons. The van der Waals surface area contributed by atoms with Gasteiger partial charge in [-0.2, -0.15) is 0 Å². The number of rotatable bonds is 5. The molecule has 0 spiro atoms. The topological polar surface area (TPSA) is 52.6 Å². The van der Waals surface area contributed by atoms with Crippen molar-refractivity contribution in [3.63, 3.8) is 0 Å². The molecule has 0 N–H and O–H groups in total. The minimum Gasteiger partial charge on any atom is -0.469 e. The molecule has 19 heavy (non-hydrogen) atoms. The molecular weight excluding hydrogens is 258 g/mol. The monoisotopic (exact) mass is 272 g/mol. The lowest BCUT2D eigenvalue weighted by atomic mass is 9.91. The number of hydrogen-bond donors (Lipinski definition) is 0. The van der Waals surface area contributed by atoms with Crippen LogP contribution in [0.25, 0.3) is 0 Å². The van der Waals surface area contributed by atoms with Crippen molar-refractivity contribution in [3.05, 3.63) is 35.9 Å². The van der Waals surface area contributed by atoms with Gasteiger partial charge in [0.05, 0.1) is 20.6 Å². The maximum atomic E-state index is 14.2. The van der Waals surface area contributed by atoms with Crippen LogP contribution in [-0.4, -0.2) is 26.2 Å². The van der Waals surface area contributed by atoms with E-state index in [4.69, 9.17) is 0 Å². The summed E-state index contributed by atoms with van der Waals surface area (Å²) in [6.45, 7) is 0. The third-order valence-corrected chi connectivity index (χ3v) is 2.68. The van der Waals surface area contributed by atoms with Crippen LogP contribution >= 0.6 is 0 Å². The molecule has 0 aromatic heterocycles. The van der Waals surface area contributed by atoms with E-state index in [0.717, 1.165) is 14.2 Å². The predicted molar refractivity (Wildman–Crippen MR) is 62.5 cm³/mol. The van der Waals surface area contributed by atoms with E-state index in [-0.39, 0.29) is 5.56 Å². The van der Waals surface area contributed by atoms with Gasteiger partial charge in [-0.05, 0) is 0 Å². The Balaban J connectivity index is 3.08. The molecule has 0 aliphatic heterocycles. The van der Waals surface area contributed by atoms with Crippen LogP contribution < -0.4 is 0 Å². The Morgan fingerprint density at radius 2 is 1.74 bits per heavy atom. The fourth-order valence-corrected chi connectivity index (χ4v) is 1.61. The Hall–Kier alpha value is -1.98. The molecule has 0 saturated carbocycles. The number of alkyl halides is 2. The molecule has 1 atom stereocenters. The lowest BCUT2D eigenvalue weighted by Gasteiger charge is -2.24. The smallest absolute Gasteiger partial charge is 0.315 e. The molecule has 0 amide bonds. The van der Waals surface area contributed by atoms with Crippen molar-refractivity contribution in [1.82, 2.24) is 0 Å². The Bertz CT molecular complexity index is 445. The van der Waals surface area contributed by atoms with E-state index in [0.29, 0.717) is 0 Å². The average molecular weight is 272 g/mol. The van der Waals surface area contributed by atoms with E-state index in [2.05, 4.69) is 9.47 Å². The Kier molecular flexibility index (Phi) is 4.97. The van der Waals surface area contributed by atoms with Gasteiger partial charge in [-0.1, -0.05) is 30.3 Å². The van der Waals surface area contributed by atoms with Crippen molar-refractivity contribution in [2.75, 3.05) is 14.2 Å². The number of halogens is 2. The summed E-state index contributed by atoms with van der Waals surface area (Å²) >= 11 is 0. The van der Waals surface area contributed by atoms with Crippen LogP contribution in [0.15, 0.2) is 30.3 Å². The van der Waals surface area contributed by atoms with Gasteiger partial charge < -0.3 is 9.47 Å². The predicted octanol–water partition coefficient (Wildman–Crippen LogP) is 2.13. The van der Waals surface area contributed by atoms with Gasteiger partial charge in [0, 0.05) is 5.56 Å². The zero-order valence-electron chi connectivity index (χ0n) is 10.6. The zero-order chi connectivity index (χ0) is 14.5. The first-order valence-corrected chi connectivity index (χ1v) is 5.51.